The molecule has 2 nitrogen and oxygen atoms in total. The molecule has 100 valence electrons. The second-order valence-corrected chi connectivity index (χ2v) is 4.55. The number of carbonyl (C=O) groups excluding carboxylic acids is 1. The molecule has 1 rings (SSSR count). The van der Waals surface area contributed by atoms with Crippen LogP contribution in [0.5, 0.6) is 0 Å². The number of carbonyl (C=O) groups is 1. The van der Waals surface area contributed by atoms with Crippen molar-refractivity contribution >= 4 is 17.5 Å². The molecule has 18 heavy (non-hydrogen) atoms. The summed E-state index contributed by atoms with van der Waals surface area (Å²) in [5, 5.41) is 1.13. The van der Waals surface area contributed by atoms with Crippen LogP contribution in [0.15, 0.2) is 24.3 Å². The number of halogens is 4. The van der Waals surface area contributed by atoms with Crippen molar-refractivity contribution in [1.29, 1.82) is 0 Å². The molecule has 0 saturated heterocycles. The minimum absolute atomic E-state index is 0.184. The van der Waals surface area contributed by atoms with Crippen LogP contribution in [-0.4, -0.2) is 11.9 Å². The van der Waals surface area contributed by atoms with Gasteiger partial charge in [0.25, 0.3) is 0 Å². The Morgan fingerprint density at radius 2 is 1.83 bits per heavy atom. The van der Waals surface area contributed by atoms with Crippen molar-refractivity contribution in [1.82, 2.24) is 5.32 Å². The second kappa shape index (κ2) is 5.61. The summed E-state index contributed by atoms with van der Waals surface area (Å²) in [4.78, 5) is 11.6. The lowest BCUT2D eigenvalue weighted by Crippen LogP contribution is -2.33. The van der Waals surface area contributed by atoms with E-state index in [1.807, 2.05) is 0 Å². The number of hydrogen-bond donors (Lipinski definition) is 1. The molecule has 0 aliphatic heterocycles. The predicted molar refractivity (Wildman–Crippen MR) is 63.3 cm³/mol. The van der Waals surface area contributed by atoms with Gasteiger partial charge in [0, 0.05) is 6.04 Å². The maximum absolute atomic E-state index is 12.7. The fourth-order valence-corrected chi connectivity index (χ4v) is 1.73. The highest BCUT2D eigenvalue weighted by Crippen LogP contribution is 2.36. The fourth-order valence-electron chi connectivity index (χ4n) is 1.48. The van der Waals surface area contributed by atoms with Crippen LogP contribution in [0.25, 0.3) is 0 Å². The monoisotopic (exact) mass is 279 g/mol. The van der Waals surface area contributed by atoms with E-state index in [1.54, 1.807) is 13.8 Å². The summed E-state index contributed by atoms with van der Waals surface area (Å²) in [6.07, 6.45) is -4.53. The first-order valence-corrected chi connectivity index (χ1v) is 5.77. The van der Waals surface area contributed by atoms with Crippen LogP contribution in [0.3, 0.4) is 0 Å². The molecule has 0 saturated carbocycles. The number of hydrogen-bond acceptors (Lipinski definition) is 1. The fraction of sp³-hybridized carbons (Fsp3) is 0.417. The summed E-state index contributed by atoms with van der Waals surface area (Å²) in [7, 11) is 0. The summed E-state index contributed by atoms with van der Waals surface area (Å²) < 4.78 is 38.2. The van der Waals surface area contributed by atoms with E-state index in [2.05, 4.69) is 5.32 Å². The molecule has 6 heteroatoms. The van der Waals surface area contributed by atoms with Gasteiger partial charge in [0.15, 0.2) is 0 Å². The van der Waals surface area contributed by atoms with Crippen molar-refractivity contribution in [2.24, 2.45) is 0 Å². The Hall–Kier alpha value is -1.23. The maximum atomic E-state index is 12.7. The zero-order chi connectivity index (χ0) is 13.9. The molecule has 1 aromatic carbocycles. The molecule has 0 aliphatic carbocycles. The predicted octanol–water partition coefficient (Wildman–Crippen LogP) is 3.51. The molecule has 1 unspecified atom stereocenters. The highest BCUT2D eigenvalue weighted by atomic mass is 35.5. The summed E-state index contributed by atoms with van der Waals surface area (Å²) in [6, 6.07) is 4.61. The third-order valence-corrected chi connectivity index (χ3v) is 2.63. The molecule has 1 atom stereocenters. The van der Waals surface area contributed by atoms with Crippen LogP contribution in [0.1, 0.15) is 30.4 Å². The Kier molecular flexibility index (Phi) is 4.62. The smallest absolute Gasteiger partial charge is 0.352 e. The molecule has 0 aliphatic rings. The van der Waals surface area contributed by atoms with Gasteiger partial charge in [-0.15, -0.1) is 11.6 Å². The van der Waals surface area contributed by atoms with Gasteiger partial charge in [-0.3, -0.25) is 4.79 Å². The molecule has 0 fully saturated rings. The average Bonchev–Trinajstić information content (AvgIpc) is 2.26. The lowest BCUT2D eigenvalue weighted by Gasteiger charge is -2.17. The zero-order valence-electron chi connectivity index (χ0n) is 9.88. The third kappa shape index (κ3) is 3.63. The highest BCUT2D eigenvalue weighted by Gasteiger charge is 2.36. The molecular formula is C12H13ClF3NO. The SMILES string of the molecule is CC(C)NC(=O)C(Cl)c1ccccc1C(F)(F)F. The number of alkyl halides is 4. The first kappa shape index (κ1) is 14.8. The van der Waals surface area contributed by atoms with Gasteiger partial charge < -0.3 is 5.32 Å². The summed E-state index contributed by atoms with van der Waals surface area (Å²) in [6.45, 7) is 3.41. The molecule has 1 aromatic rings. The van der Waals surface area contributed by atoms with E-state index in [4.69, 9.17) is 11.6 Å². The highest BCUT2D eigenvalue weighted by molar-refractivity contribution is 6.30. The average molecular weight is 280 g/mol. The van der Waals surface area contributed by atoms with Crippen molar-refractivity contribution in [3.63, 3.8) is 0 Å². The first-order valence-electron chi connectivity index (χ1n) is 5.34. The molecule has 0 aromatic heterocycles. The standard InChI is InChI=1S/C12H13ClF3NO/c1-7(2)17-11(18)10(13)8-5-3-4-6-9(8)12(14,15)16/h3-7,10H,1-2H3,(H,17,18). The van der Waals surface area contributed by atoms with E-state index in [9.17, 15) is 18.0 Å². The van der Waals surface area contributed by atoms with E-state index in [1.165, 1.54) is 18.2 Å². The van der Waals surface area contributed by atoms with Crippen molar-refractivity contribution in [2.75, 3.05) is 0 Å². The molecule has 0 radical (unpaired) electrons. The van der Waals surface area contributed by atoms with Gasteiger partial charge in [0.05, 0.1) is 5.56 Å². The van der Waals surface area contributed by atoms with Gasteiger partial charge in [-0.1, -0.05) is 18.2 Å². The minimum atomic E-state index is -4.53. The van der Waals surface area contributed by atoms with Gasteiger partial charge in [0.1, 0.15) is 5.38 Å². The van der Waals surface area contributed by atoms with Crippen LogP contribution < -0.4 is 5.32 Å². The molecule has 1 amide bonds. The van der Waals surface area contributed by atoms with Crippen LogP contribution in [0, 0.1) is 0 Å². The van der Waals surface area contributed by atoms with E-state index in [0.717, 1.165) is 6.07 Å². The van der Waals surface area contributed by atoms with Crippen LogP contribution in [-0.2, 0) is 11.0 Å². The second-order valence-electron chi connectivity index (χ2n) is 4.11. The normalized spacial score (nSPS) is 13.5. The number of amides is 1. The Labute approximate surface area is 108 Å². The largest absolute Gasteiger partial charge is 0.416 e. The van der Waals surface area contributed by atoms with Gasteiger partial charge in [-0.2, -0.15) is 13.2 Å². The quantitative estimate of drug-likeness (QED) is 0.843. The van der Waals surface area contributed by atoms with E-state index in [0.29, 0.717) is 0 Å². The lowest BCUT2D eigenvalue weighted by atomic mass is 10.0. The third-order valence-electron chi connectivity index (χ3n) is 2.20. The molecule has 0 bridgehead atoms. The van der Waals surface area contributed by atoms with Crippen LogP contribution >= 0.6 is 11.6 Å². The summed E-state index contributed by atoms with van der Waals surface area (Å²) >= 11 is 5.80. The Bertz CT molecular complexity index is 432. The number of rotatable bonds is 3. The van der Waals surface area contributed by atoms with Crippen LogP contribution in [0.2, 0.25) is 0 Å². The van der Waals surface area contributed by atoms with Crippen molar-refractivity contribution in [2.45, 2.75) is 31.4 Å². The van der Waals surface area contributed by atoms with E-state index < -0.39 is 23.0 Å². The lowest BCUT2D eigenvalue weighted by molar-refractivity contribution is -0.138. The van der Waals surface area contributed by atoms with Crippen molar-refractivity contribution in [3.05, 3.63) is 35.4 Å². The van der Waals surface area contributed by atoms with Gasteiger partial charge in [-0.25, -0.2) is 0 Å². The van der Waals surface area contributed by atoms with Gasteiger partial charge in [0.2, 0.25) is 5.91 Å². The Morgan fingerprint density at radius 1 is 1.28 bits per heavy atom. The van der Waals surface area contributed by atoms with E-state index >= 15 is 0 Å². The Morgan fingerprint density at radius 3 is 2.33 bits per heavy atom. The van der Waals surface area contributed by atoms with Gasteiger partial charge >= 0.3 is 6.18 Å². The zero-order valence-corrected chi connectivity index (χ0v) is 10.6. The van der Waals surface area contributed by atoms with Gasteiger partial charge in [-0.05, 0) is 25.5 Å². The van der Waals surface area contributed by atoms with Crippen LogP contribution in [0.4, 0.5) is 13.2 Å². The van der Waals surface area contributed by atoms with Crippen molar-refractivity contribution in [3.8, 4) is 0 Å². The minimum Gasteiger partial charge on any atom is -0.352 e. The van der Waals surface area contributed by atoms with E-state index in [-0.39, 0.29) is 11.6 Å². The molecule has 1 N–H and O–H groups in total. The van der Waals surface area contributed by atoms with Crippen molar-refractivity contribution < 1.29 is 18.0 Å². The Balaban J connectivity index is 3.06. The summed E-state index contributed by atoms with van der Waals surface area (Å²) in [5.74, 6) is -0.636. The number of nitrogens with one attached hydrogen (secondary N) is 1. The first-order chi connectivity index (χ1) is 8.23. The molecular weight excluding hydrogens is 267 g/mol. The molecule has 0 spiro atoms. The topological polar surface area (TPSA) is 29.1 Å². The number of benzene rings is 1. The molecule has 0 heterocycles. The summed E-state index contributed by atoms with van der Waals surface area (Å²) in [5.41, 5.74) is -1.12. The maximum Gasteiger partial charge on any atom is 0.416 e.